The largest absolute Gasteiger partial charge is 0.417 e. The fourth-order valence-corrected chi connectivity index (χ4v) is 8.54. The molecule has 13 heteroatoms. The van der Waals surface area contributed by atoms with E-state index in [2.05, 4.69) is 23.4 Å². The summed E-state index contributed by atoms with van der Waals surface area (Å²) in [6.45, 7) is 11.1. The Morgan fingerprint density at radius 2 is 1.87 bits per heavy atom. The Bertz CT molecular complexity index is 1740. The molecule has 4 heterocycles. The van der Waals surface area contributed by atoms with Crippen molar-refractivity contribution in [1.29, 1.82) is 0 Å². The zero-order chi connectivity index (χ0) is 32.9. The van der Waals surface area contributed by atoms with Crippen LogP contribution in [0, 0.1) is 17.6 Å². The number of piperidine rings is 1. The zero-order valence-corrected chi connectivity index (χ0v) is 26.6. The number of nitrogens with zero attached hydrogens (tertiary/aromatic N) is 5. The Hall–Kier alpha value is -3.45. The van der Waals surface area contributed by atoms with E-state index in [-0.39, 0.29) is 64.8 Å². The third kappa shape index (κ3) is 5.92. The zero-order valence-electron chi connectivity index (χ0n) is 25.7. The van der Waals surface area contributed by atoms with Crippen molar-refractivity contribution in [2.75, 3.05) is 49.9 Å². The minimum atomic E-state index is -4.90. The molecule has 0 saturated carbocycles. The normalized spacial score (nSPS) is 21.2. The van der Waals surface area contributed by atoms with E-state index in [4.69, 9.17) is 0 Å². The van der Waals surface area contributed by atoms with Crippen LogP contribution in [0.4, 0.5) is 27.8 Å². The minimum absolute atomic E-state index is 0.102. The van der Waals surface area contributed by atoms with Crippen molar-refractivity contribution in [3.63, 3.8) is 0 Å². The molecular weight excluding hydrogens is 625 g/mol. The fraction of sp³-hybridized carbons (Fsp3) is 0.485. The van der Waals surface area contributed by atoms with Crippen LogP contribution in [-0.2, 0) is 11.0 Å². The van der Waals surface area contributed by atoms with Gasteiger partial charge in [0.2, 0.25) is 5.91 Å². The second kappa shape index (κ2) is 12.6. The lowest BCUT2D eigenvalue weighted by molar-refractivity contribution is -0.137. The third-order valence-electron chi connectivity index (χ3n) is 9.58. The van der Waals surface area contributed by atoms with Gasteiger partial charge in [0, 0.05) is 64.9 Å². The first-order valence-corrected chi connectivity index (χ1v) is 16.6. The van der Waals surface area contributed by atoms with Crippen LogP contribution < -0.4 is 10.6 Å². The molecule has 1 aromatic heterocycles. The van der Waals surface area contributed by atoms with E-state index in [1.165, 1.54) is 22.4 Å². The third-order valence-corrected chi connectivity index (χ3v) is 10.8. The number of thioether (sulfide) groups is 1. The molecule has 0 N–H and O–H groups in total. The molecule has 3 aliphatic heterocycles. The van der Waals surface area contributed by atoms with E-state index in [9.17, 15) is 27.2 Å². The highest BCUT2D eigenvalue weighted by molar-refractivity contribution is 7.99. The smallest absolute Gasteiger partial charge is 0.350 e. The average Bonchev–Trinajstić information content (AvgIpc) is 3.02. The van der Waals surface area contributed by atoms with Crippen LogP contribution in [0.25, 0.3) is 22.0 Å². The van der Waals surface area contributed by atoms with E-state index in [1.807, 2.05) is 6.92 Å². The van der Waals surface area contributed by atoms with Crippen molar-refractivity contribution >= 4 is 34.4 Å². The van der Waals surface area contributed by atoms with Gasteiger partial charge >= 0.3 is 11.9 Å². The Kier molecular flexibility index (Phi) is 8.92. The summed E-state index contributed by atoms with van der Waals surface area (Å²) in [7, 11) is 0. The number of carbonyl (C=O) groups is 1. The van der Waals surface area contributed by atoms with Crippen LogP contribution in [0.1, 0.15) is 44.7 Å². The molecule has 2 aromatic carbocycles. The predicted molar refractivity (Wildman–Crippen MR) is 169 cm³/mol. The summed E-state index contributed by atoms with van der Waals surface area (Å²) in [5.74, 6) is -1.54. The molecule has 3 aromatic rings. The number of carbonyl (C=O) groups excluding carboxylic acids is 1. The fourth-order valence-electron chi connectivity index (χ4n) is 7.19. The number of hydrogen-bond acceptors (Lipinski definition) is 6. The Balaban J connectivity index is 1.56. The average molecular weight is 662 g/mol. The maximum atomic E-state index is 15.3. The van der Waals surface area contributed by atoms with Crippen LogP contribution in [0.2, 0.25) is 0 Å². The number of rotatable bonds is 6. The molecule has 0 bridgehead atoms. The molecule has 2 atom stereocenters. The quantitative estimate of drug-likeness (QED) is 0.227. The van der Waals surface area contributed by atoms with Crippen LogP contribution in [-0.4, -0.2) is 76.3 Å². The highest BCUT2D eigenvalue weighted by Crippen LogP contribution is 2.51. The van der Waals surface area contributed by atoms with Gasteiger partial charge in [-0.1, -0.05) is 13.5 Å². The molecule has 0 aliphatic carbocycles. The first kappa shape index (κ1) is 32.5. The predicted octanol–water partition coefficient (Wildman–Crippen LogP) is 6.35. The number of benzene rings is 2. The lowest BCUT2D eigenvalue weighted by Crippen LogP contribution is -2.54. The van der Waals surface area contributed by atoms with Crippen molar-refractivity contribution in [2.24, 2.45) is 5.92 Å². The standard InChI is InChI=1S/C33H36F5N5O2S/c1-4-27(44)41-12-13-42(19(3)17-41)31-24-16-25(33(36,37)38)28(23-7-6-21(34)15-26(23)35)30-29(24)43(32(45)39-31)22(18-46-30)14-20-8-10-40(5-2)11-9-20/h4,6-7,15-16,19-20,22H,1,5,8-14,17-18H2,2-3H3/t19-,22-/m0/s1. The first-order chi connectivity index (χ1) is 21.9. The van der Waals surface area contributed by atoms with Crippen molar-refractivity contribution < 1.29 is 26.7 Å². The van der Waals surface area contributed by atoms with Crippen LogP contribution in [0.15, 0.2) is 46.6 Å². The van der Waals surface area contributed by atoms with Gasteiger partial charge in [0.25, 0.3) is 0 Å². The van der Waals surface area contributed by atoms with Gasteiger partial charge in [0.05, 0.1) is 11.1 Å². The molecule has 0 radical (unpaired) electrons. The van der Waals surface area contributed by atoms with Gasteiger partial charge in [-0.15, -0.1) is 11.8 Å². The van der Waals surface area contributed by atoms with Crippen molar-refractivity contribution in [1.82, 2.24) is 19.4 Å². The molecule has 3 aliphatic rings. The lowest BCUT2D eigenvalue weighted by atomic mass is 9.90. The molecule has 6 rings (SSSR count). The van der Waals surface area contributed by atoms with Crippen molar-refractivity contribution in [3.8, 4) is 11.1 Å². The highest BCUT2D eigenvalue weighted by Gasteiger charge is 2.41. The maximum Gasteiger partial charge on any atom is 0.417 e. The Labute approximate surface area is 268 Å². The van der Waals surface area contributed by atoms with Crippen molar-refractivity contribution in [3.05, 3.63) is 64.6 Å². The molecular formula is C33H36F5N5O2S. The number of amides is 1. The van der Waals surface area contributed by atoms with Gasteiger partial charge in [0.1, 0.15) is 17.5 Å². The summed E-state index contributed by atoms with van der Waals surface area (Å²) in [5, 5.41) is 0.140. The van der Waals surface area contributed by atoms with Crippen LogP contribution >= 0.6 is 11.8 Å². The number of aromatic nitrogens is 2. The first-order valence-electron chi connectivity index (χ1n) is 15.6. The van der Waals surface area contributed by atoms with Gasteiger partial charge in [-0.05, 0) is 76.0 Å². The molecule has 0 spiro atoms. The van der Waals surface area contributed by atoms with Crippen LogP contribution in [0.5, 0.6) is 0 Å². The number of alkyl halides is 3. The van der Waals surface area contributed by atoms with Gasteiger partial charge in [-0.3, -0.25) is 9.36 Å². The molecule has 246 valence electrons. The number of halogens is 5. The SMILES string of the molecule is C=CC(=O)N1CCN(c2nc(=O)n3c4c(c(-c5ccc(F)cc5F)c(C(F)(F)F)cc24)SC[C@@H]3CC2CCN(CC)CC2)[C@@H](C)C1. The number of hydrogen-bond donors (Lipinski definition) is 0. The van der Waals surface area contributed by atoms with Gasteiger partial charge in [-0.2, -0.15) is 18.2 Å². The monoisotopic (exact) mass is 661 g/mol. The second-order valence-corrected chi connectivity index (χ2v) is 13.4. The van der Waals surface area contributed by atoms with E-state index < -0.39 is 34.6 Å². The van der Waals surface area contributed by atoms with Crippen molar-refractivity contribution in [2.45, 2.75) is 56.3 Å². The number of piperazine rings is 1. The summed E-state index contributed by atoms with van der Waals surface area (Å²) in [6, 6.07) is 2.80. The van der Waals surface area contributed by atoms with Crippen LogP contribution in [0.3, 0.4) is 0 Å². The molecule has 2 saturated heterocycles. The Morgan fingerprint density at radius 3 is 2.50 bits per heavy atom. The molecule has 0 unspecified atom stereocenters. The summed E-state index contributed by atoms with van der Waals surface area (Å²) >= 11 is 1.18. The van der Waals surface area contributed by atoms with Gasteiger partial charge < -0.3 is 14.7 Å². The van der Waals surface area contributed by atoms with Gasteiger partial charge in [0.15, 0.2) is 0 Å². The molecule has 1 amide bonds. The maximum absolute atomic E-state index is 15.3. The number of likely N-dealkylation sites (tertiary alicyclic amines) is 1. The molecule has 46 heavy (non-hydrogen) atoms. The molecule has 7 nitrogen and oxygen atoms in total. The summed E-state index contributed by atoms with van der Waals surface area (Å²) < 4.78 is 75.4. The topological polar surface area (TPSA) is 61.7 Å². The lowest BCUT2D eigenvalue weighted by Gasteiger charge is -2.41. The summed E-state index contributed by atoms with van der Waals surface area (Å²) in [6.07, 6.45) is -1.11. The minimum Gasteiger partial charge on any atom is -0.350 e. The summed E-state index contributed by atoms with van der Waals surface area (Å²) in [5.41, 5.74) is -2.17. The van der Waals surface area contributed by atoms with E-state index in [0.717, 1.165) is 50.7 Å². The van der Waals surface area contributed by atoms with E-state index >= 15 is 4.39 Å². The number of anilines is 1. The van der Waals surface area contributed by atoms with E-state index in [1.54, 1.807) is 9.80 Å². The Morgan fingerprint density at radius 1 is 1.13 bits per heavy atom. The summed E-state index contributed by atoms with van der Waals surface area (Å²) in [4.78, 5) is 36.6. The van der Waals surface area contributed by atoms with E-state index in [0.29, 0.717) is 24.2 Å². The highest BCUT2D eigenvalue weighted by atomic mass is 32.2. The molecule has 2 fully saturated rings. The van der Waals surface area contributed by atoms with Gasteiger partial charge in [-0.25, -0.2) is 13.6 Å². The second-order valence-electron chi connectivity index (χ2n) is 12.3.